The average molecular weight is 355 g/mol. The van der Waals surface area contributed by atoms with Gasteiger partial charge in [0.1, 0.15) is 0 Å². The van der Waals surface area contributed by atoms with E-state index in [1.54, 1.807) is 0 Å². The van der Waals surface area contributed by atoms with Gasteiger partial charge in [0.05, 0.1) is 5.56 Å². The Labute approximate surface area is 155 Å². The maximum atomic E-state index is 12.9. The minimum Gasteiger partial charge on any atom is -0.348 e. The van der Waals surface area contributed by atoms with Gasteiger partial charge in [0, 0.05) is 35.7 Å². The number of nitrogens with one attached hydrogen (secondary N) is 1. The lowest BCUT2D eigenvalue weighted by Gasteiger charge is -2.26. The highest BCUT2D eigenvalue weighted by Gasteiger charge is 2.25. The minimum absolute atomic E-state index is 0.226. The van der Waals surface area contributed by atoms with Gasteiger partial charge in [-0.2, -0.15) is 0 Å². The first-order valence-corrected chi connectivity index (χ1v) is 9.65. The van der Waals surface area contributed by atoms with Gasteiger partial charge < -0.3 is 14.8 Å². The van der Waals surface area contributed by atoms with Crippen molar-refractivity contribution in [1.29, 1.82) is 0 Å². The van der Waals surface area contributed by atoms with E-state index in [-0.39, 0.29) is 6.04 Å². The lowest BCUT2D eigenvalue weighted by Crippen LogP contribution is -2.40. The topological polar surface area (TPSA) is 54.3 Å². The average Bonchev–Trinajstić information content (AvgIpc) is 2.93. The number of ketones is 1. The maximum absolute atomic E-state index is 12.9. The summed E-state index contributed by atoms with van der Waals surface area (Å²) in [6.07, 6.45) is 3.74. The van der Waals surface area contributed by atoms with E-state index in [2.05, 4.69) is 28.6 Å². The van der Waals surface area contributed by atoms with Gasteiger partial charge in [-0.25, -0.2) is 0 Å². The smallest absolute Gasteiger partial charge is 0.292 e. The molecule has 0 spiro atoms. The molecule has 0 unspecified atom stereocenters. The first-order chi connectivity index (χ1) is 12.5. The van der Waals surface area contributed by atoms with Crippen LogP contribution in [0.1, 0.15) is 55.2 Å². The summed E-state index contributed by atoms with van der Waals surface area (Å²) < 4.78 is 2.13. The van der Waals surface area contributed by atoms with E-state index in [1.165, 1.54) is 19.3 Å². The van der Waals surface area contributed by atoms with Gasteiger partial charge in [-0.3, -0.25) is 9.59 Å². The lowest BCUT2D eigenvalue weighted by molar-refractivity contribution is -0.117. The SMILES string of the molecule is Cc1c(C(=O)C(=O)NCCN2CCCCC2)c2ccccc2n1C(C)C. The van der Waals surface area contributed by atoms with E-state index in [0.717, 1.165) is 36.2 Å². The van der Waals surface area contributed by atoms with E-state index in [0.29, 0.717) is 12.1 Å². The Kier molecular flexibility index (Phi) is 5.77. The molecule has 0 radical (unpaired) electrons. The monoisotopic (exact) mass is 355 g/mol. The molecular weight excluding hydrogens is 326 g/mol. The minimum atomic E-state index is -0.503. The van der Waals surface area contributed by atoms with Crippen molar-refractivity contribution < 1.29 is 9.59 Å². The molecule has 1 fully saturated rings. The number of hydrogen-bond donors (Lipinski definition) is 1. The van der Waals surface area contributed by atoms with E-state index in [1.807, 2.05) is 31.2 Å². The van der Waals surface area contributed by atoms with Crippen molar-refractivity contribution in [2.75, 3.05) is 26.2 Å². The van der Waals surface area contributed by atoms with Gasteiger partial charge in [-0.15, -0.1) is 0 Å². The molecule has 1 saturated heterocycles. The van der Waals surface area contributed by atoms with E-state index in [4.69, 9.17) is 0 Å². The van der Waals surface area contributed by atoms with Gasteiger partial charge in [-0.1, -0.05) is 24.6 Å². The van der Waals surface area contributed by atoms with Crippen LogP contribution in [0.3, 0.4) is 0 Å². The number of benzene rings is 1. The molecule has 1 aliphatic rings. The number of para-hydroxylation sites is 1. The number of rotatable bonds is 6. The summed E-state index contributed by atoms with van der Waals surface area (Å²) in [4.78, 5) is 27.7. The normalized spacial score (nSPS) is 15.5. The van der Waals surface area contributed by atoms with Crippen LogP contribution in [-0.2, 0) is 4.79 Å². The van der Waals surface area contributed by atoms with Crippen LogP contribution < -0.4 is 5.32 Å². The number of Topliss-reactive ketones (excluding diaryl/α,β-unsaturated/α-hetero) is 1. The number of likely N-dealkylation sites (tertiary alicyclic amines) is 1. The molecule has 1 aromatic heterocycles. The Morgan fingerprint density at radius 2 is 1.81 bits per heavy atom. The van der Waals surface area contributed by atoms with Crippen LogP contribution in [-0.4, -0.2) is 47.3 Å². The molecule has 0 saturated carbocycles. The van der Waals surface area contributed by atoms with Crippen molar-refractivity contribution in [2.24, 2.45) is 0 Å². The zero-order valence-electron chi connectivity index (χ0n) is 16.0. The fourth-order valence-corrected chi connectivity index (χ4v) is 4.05. The third-order valence-corrected chi connectivity index (χ3v) is 5.27. The zero-order valence-corrected chi connectivity index (χ0v) is 16.0. The van der Waals surface area contributed by atoms with Crippen molar-refractivity contribution in [3.8, 4) is 0 Å². The number of carbonyl (C=O) groups is 2. The molecule has 1 N–H and O–H groups in total. The molecule has 1 aliphatic heterocycles. The summed E-state index contributed by atoms with van der Waals surface area (Å²) in [5.41, 5.74) is 2.40. The van der Waals surface area contributed by atoms with Gasteiger partial charge in [-0.05, 0) is 52.8 Å². The lowest BCUT2D eigenvalue weighted by atomic mass is 10.1. The molecular formula is C21H29N3O2. The van der Waals surface area contributed by atoms with Crippen LogP contribution in [0.5, 0.6) is 0 Å². The predicted octanol–water partition coefficient (Wildman–Crippen LogP) is 3.32. The molecule has 3 rings (SSSR count). The molecule has 140 valence electrons. The van der Waals surface area contributed by atoms with E-state index >= 15 is 0 Å². The van der Waals surface area contributed by atoms with E-state index in [9.17, 15) is 9.59 Å². The summed E-state index contributed by atoms with van der Waals surface area (Å²) in [7, 11) is 0. The van der Waals surface area contributed by atoms with Crippen LogP contribution in [0.4, 0.5) is 0 Å². The van der Waals surface area contributed by atoms with Crippen molar-refractivity contribution in [2.45, 2.75) is 46.1 Å². The molecule has 0 atom stereocenters. The highest BCUT2D eigenvalue weighted by Crippen LogP contribution is 2.29. The van der Waals surface area contributed by atoms with Crippen molar-refractivity contribution in [1.82, 2.24) is 14.8 Å². The van der Waals surface area contributed by atoms with Crippen LogP contribution in [0, 0.1) is 6.92 Å². The Morgan fingerprint density at radius 3 is 2.50 bits per heavy atom. The number of amides is 1. The number of fused-ring (bicyclic) bond motifs is 1. The second-order valence-electron chi connectivity index (χ2n) is 7.43. The highest BCUT2D eigenvalue weighted by atomic mass is 16.2. The molecule has 0 aliphatic carbocycles. The van der Waals surface area contributed by atoms with Crippen LogP contribution in [0.25, 0.3) is 10.9 Å². The third-order valence-electron chi connectivity index (χ3n) is 5.27. The Bertz CT molecular complexity index is 801. The summed E-state index contributed by atoms with van der Waals surface area (Å²) in [5.74, 6) is -0.937. The fourth-order valence-electron chi connectivity index (χ4n) is 4.05. The largest absolute Gasteiger partial charge is 0.348 e. The van der Waals surface area contributed by atoms with E-state index < -0.39 is 11.7 Å². The third kappa shape index (κ3) is 3.68. The molecule has 2 heterocycles. The molecule has 1 amide bonds. The first kappa shape index (κ1) is 18.6. The molecule has 0 bridgehead atoms. The van der Waals surface area contributed by atoms with Gasteiger partial charge in [0.25, 0.3) is 11.7 Å². The standard InChI is InChI=1S/C21H29N3O2/c1-15(2)24-16(3)19(17-9-5-6-10-18(17)24)20(25)21(26)22-11-14-23-12-7-4-8-13-23/h5-6,9-10,15H,4,7-8,11-14H2,1-3H3,(H,22,26). The van der Waals surface area contributed by atoms with Crippen LogP contribution in [0.15, 0.2) is 24.3 Å². The number of nitrogens with zero attached hydrogens (tertiary/aromatic N) is 2. The zero-order chi connectivity index (χ0) is 18.7. The summed E-state index contributed by atoms with van der Waals surface area (Å²) in [6.45, 7) is 9.61. The molecule has 5 heteroatoms. The number of carbonyl (C=O) groups excluding carboxylic acids is 2. The number of piperidine rings is 1. The molecule has 1 aromatic carbocycles. The van der Waals surface area contributed by atoms with Gasteiger partial charge in [0.15, 0.2) is 0 Å². The second kappa shape index (κ2) is 8.04. The predicted molar refractivity (Wildman–Crippen MR) is 105 cm³/mol. The number of aromatic nitrogens is 1. The first-order valence-electron chi connectivity index (χ1n) is 9.65. The molecule has 5 nitrogen and oxygen atoms in total. The summed E-state index contributed by atoms with van der Waals surface area (Å²) in [6, 6.07) is 8.04. The molecule has 2 aromatic rings. The Morgan fingerprint density at radius 1 is 1.12 bits per heavy atom. The summed E-state index contributed by atoms with van der Waals surface area (Å²) >= 11 is 0. The maximum Gasteiger partial charge on any atom is 0.292 e. The van der Waals surface area contributed by atoms with Gasteiger partial charge >= 0.3 is 0 Å². The second-order valence-corrected chi connectivity index (χ2v) is 7.43. The Hall–Kier alpha value is -2.14. The summed E-state index contributed by atoms with van der Waals surface area (Å²) in [5, 5.41) is 3.68. The van der Waals surface area contributed by atoms with Crippen LogP contribution in [0.2, 0.25) is 0 Å². The van der Waals surface area contributed by atoms with Gasteiger partial charge in [0.2, 0.25) is 0 Å². The number of hydrogen-bond acceptors (Lipinski definition) is 3. The van der Waals surface area contributed by atoms with Crippen LogP contribution >= 0.6 is 0 Å². The van der Waals surface area contributed by atoms with Crippen molar-refractivity contribution in [3.63, 3.8) is 0 Å². The molecule has 26 heavy (non-hydrogen) atoms. The van der Waals surface area contributed by atoms with Crippen molar-refractivity contribution in [3.05, 3.63) is 35.5 Å². The quantitative estimate of drug-likeness (QED) is 0.639. The highest BCUT2D eigenvalue weighted by molar-refractivity contribution is 6.45. The Balaban J connectivity index is 1.74. The fraction of sp³-hybridized carbons (Fsp3) is 0.524. The van der Waals surface area contributed by atoms with Crippen molar-refractivity contribution >= 4 is 22.6 Å².